The average Bonchev–Trinajstić information content (AvgIpc) is 4.45. The lowest BCUT2D eigenvalue weighted by Crippen LogP contribution is -2.25. The summed E-state index contributed by atoms with van der Waals surface area (Å²) >= 11 is 0. The van der Waals surface area contributed by atoms with Gasteiger partial charge in [-0.2, -0.15) is 0 Å². The smallest absolute Gasteiger partial charge is 0.0702 e. The highest BCUT2D eigenvalue weighted by Gasteiger charge is 2.48. The molecule has 76 heavy (non-hydrogen) atoms. The van der Waals surface area contributed by atoms with Crippen molar-refractivity contribution < 1.29 is 0 Å². The Labute approximate surface area is 444 Å². The second kappa shape index (κ2) is 16.8. The molecule has 2 aromatic heterocycles. The number of aryl methyl sites for hydroxylation is 2. The second-order valence-corrected chi connectivity index (χ2v) is 22.3. The summed E-state index contributed by atoms with van der Waals surface area (Å²) in [5, 5.41) is 2.55. The number of aromatic nitrogens is 2. The first kappa shape index (κ1) is 43.5. The van der Waals surface area contributed by atoms with Gasteiger partial charge in [0, 0.05) is 39.1 Å². The van der Waals surface area contributed by atoms with Gasteiger partial charge >= 0.3 is 0 Å². The van der Waals surface area contributed by atoms with E-state index in [0.717, 1.165) is 50.6 Å². The number of hydrogen-bond acceptors (Lipinski definition) is 1. The topological polar surface area (TPSA) is 17.8 Å². The van der Waals surface area contributed by atoms with Crippen LogP contribution < -0.4 is 0 Å². The minimum Gasteiger partial charge on any atom is -0.309 e. The molecule has 0 unspecified atom stereocenters. The molecule has 0 saturated heterocycles. The molecule has 0 bridgehead atoms. The Bertz CT molecular complexity index is 4060. The van der Waals surface area contributed by atoms with Crippen LogP contribution in [0.3, 0.4) is 0 Å². The molecular formula is C74H54N2. The van der Waals surface area contributed by atoms with Gasteiger partial charge in [-0.3, -0.25) is 4.98 Å². The summed E-state index contributed by atoms with van der Waals surface area (Å²) in [6.07, 6.45) is 9.14. The van der Waals surface area contributed by atoms with Gasteiger partial charge in [0.25, 0.3) is 0 Å². The van der Waals surface area contributed by atoms with Crippen molar-refractivity contribution in [2.45, 2.75) is 55.8 Å². The van der Waals surface area contributed by atoms with E-state index in [4.69, 9.17) is 0 Å². The van der Waals surface area contributed by atoms with Gasteiger partial charge in [-0.25, -0.2) is 0 Å². The van der Waals surface area contributed by atoms with Crippen molar-refractivity contribution in [3.05, 3.63) is 298 Å². The van der Waals surface area contributed by atoms with Crippen LogP contribution in [0.5, 0.6) is 0 Å². The van der Waals surface area contributed by atoms with Crippen LogP contribution in [-0.2, 0) is 49.4 Å². The van der Waals surface area contributed by atoms with E-state index in [9.17, 15) is 0 Å². The summed E-state index contributed by atoms with van der Waals surface area (Å²) in [5.74, 6) is 0. The third kappa shape index (κ3) is 6.63. The van der Waals surface area contributed by atoms with E-state index in [0.29, 0.717) is 0 Å². The van der Waals surface area contributed by atoms with Gasteiger partial charge in [0.05, 0.1) is 16.7 Å². The fraction of sp³-hybridized carbons (Fsp3) is 0.122. The van der Waals surface area contributed by atoms with E-state index in [-0.39, 0.29) is 10.8 Å². The molecule has 0 amide bonds. The van der Waals surface area contributed by atoms with Gasteiger partial charge in [-0.05, 0) is 212 Å². The Balaban J connectivity index is 0.793. The van der Waals surface area contributed by atoms with Crippen molar-refractivity contribution in [1.82, 2.24) is 9.55 Å². The first-order chi connectivity index (χ1) is 37.6. The van der Waals surface area contributed by atoms with Gasteiger partial charge in [0.2, 0.25) is 0 Å². The van der Waals surface area contributed by atoms with Gasteiger partial charge in [-0.15, -0.1) is 0 Å². The van der Waals surface area contributed by atoms with Crippen LogP contribution in [0.4, 0.5) is 0 Å². The molecule has 10 aromatic carbocycles. The Hall–Kier alpha value is -8.85. The van der Waals surface area contributed by atoms with Crippen molar-refractivity contribution >= 4 is 21.8 Å². The van der Waals surface area contributed by atoms with E-state index in [1.54, 1.807) is 0 Å². The zero-order chi connectivity index (χ0) is 50.0. The fourth-order valence-corrected chi connectivity index (χ4v) is 14.7. The Morgan fingerprint density at radius 2 is 0.816 bits per heavy atom. The Morgan fingerprint density at radius 3 is 1.36 bits per heavy atom. The lowest BCUT2D eigenvalue weighted by atomic mass is 9.75. The maximum atomic E-state index is 4.59. The van der Waals surface area contributed by atoms with E-state index < -0.39 is 0 Å². The van der Waals surface area contributed by atoms with Crippen molar-refractivity contribution in [2.24, 2.45) is 0 Å². The van der Waals surface area contributed by atoms with E-state index in [1.165, 1.54) is 133 Å². The summed E-state index contributed by atoms with van der Waals surface area (Å²) in [7, 11) is 0. The van der Waals surface area contributed by atoms with Crippen LogP contribution in [0.1, 0.15) is 62.1 Å². The molecule has 0 aliphatic heterocycles. The molecule has 0 N–H and O–H groups in total. The van der Waals surface area contributed by atoms with E-state index >= 15 is 0 Å². The maximum Gasteiger partial charge on any atom is 0.0702 e. The molecule has 2 nitrogen and oxygen atoms in total. The molecule has 16 rings (SSSR count). The summed E-state index contributed by atoms with van der Waals surface area (Å²) in [5.41, 5.74) is 30.8. The highest BCUT2D eigenvalue weighted by Crippen LogP contribution is 2.58. The molecule has 0 radical (unpaired) electrons. The number of fused-ring (bicyclic) bond motifs is 15. The maximum absolute atomic E-state index is 4.59. The summed E-state index contributed by atoms with van der Waals surface area (Å²) in [4.78, 5) is 4.59. The SMILES string of the molecule is c1ccc(-c2cccc(CCCc3ccc(-n4c5ccc(-c6ccc7c(c6)C6(Cc8ccccc8C6)c6ccccc6-7)cc5c5cc(-c6ccc7c(c6)C6(Cc8ccccc8C6)c6ccccc6-7)ccc54)cc3)c2)nc1. The minimum absolute atomic E-state index is 0.0604. The molecule has 0 fully saturated rings. The van der Waals surface area contributed by atoms with Crippen molar-refractivity contribution in [3.8, 4) is 61.5 Å². The monoisotopic (exact) mass is 970 g/mol. The Kier molecular flexibility index (Phi) is 9.64. The van der Waals surface area contributed by atoms with Crippen LogP contribution in [0, 0.1) is 0 Å². The van der Waals surface area contributed by atoms with E-state index in [1.807, 2.05) is 12.3 Å². The normalized spacial score (nSPS) is 14.7. The van der Waals surface area contributed by atoms with Crippen molar-refractivity contribution in [2.75, 3.05) is 0 Å². The summed E-state index contributed by atoms with van der Waals surface area (Å²) in [6, 6.07) is 90.1. The van der Waals surface area contributed by atoms with Gasteiger partial charge in [0.1, 0.15) is 0 Å². The zero-order valence-corrected chi connectivity index (χ0v) is 42.4. The summed E-state index contributed by atoms with van der Waals surface area (Å²) in [6.45, 7) is 0. The molecule has 12 aromatic rings. The minimum atomic E-state index is -0.0604. The predicted octanol–water partition coefficient (Wildman–Crippen LogP) is 17.5. The molecule has 0 atom stereocenters. The van der Waals surface area contributed by atoms with Crippen molar-refractivity contribution in [1.29, 1.82) is 0 Å². The molecule has 360 valence electrons. The lowest BCUT2D eigenvalue weighted by molar-refractivity contribution is 0.563. The third-order valence-corrected chi connectivity index (χ3v) is 18.2. The number of nitrogens with zero attached hydrogens (tertiary/aromatic N) is 2. The third-order valence-electron chi connectivity index (χ3n) is 18.2. The molecule has 4 aliphatic rings. The van der Waals surface area contributed by atoms with Gasteiger partial charge in [-0.1, -0.05) is 170 Å². The number of rotatable bonds is 8. The zero-order valence-electron chi connectivity index (χ0n) is 42.4. The second-order valence-electron chi connectivity index (χ2n) is 22.3. The standard InChI is InChI=1S/C74H54N2/c1-2-17-56-45-73(44-55(56)16-1)66-23-7-5-21-60(66)62-34-28-52(42-68(62)73)50-30-36-71-64(40-50)65-41-51(53-29-35-63-61-22-6-8-24-67(61)74(69(63)43-53)46-57-18-3-4-19-58(57)47-74)31-37-72(65)76(71)59-32-26-48(27-33-59)13-11-14-49-15-12-20-54(39-49)70-25-9-10-38-75-70/h1-10,12,15-43H,11,13-14,44-47H2. The predicted molar refractivity (Wildman–Crippen MR) is 313 cm³/mol. The summed E-state index contributed by atoms with van der Waals surface area (Å²) < 4.78 is 2.50. The number of pyridine rings is 1. The molecule has 2 heterocycles. The van der Waals surface area contributed by atoms with Gasteiger partial charge in [0.15, 0.2) is 0 Å². The largest absolute Gasteiger partial charge is 0.309 e. The molecule has 0 saturated carbocycles. The highest BCUT2D eigenvalue weighted by molar-refractivity contribution is 6.12. The fourth-order valence-electron chi connectivity index (χ4n) is 14.7. The van der Waals surface area contributed by atoms with Crippen LogP contribution >= 0.6 is 0 Å². The van der Waals surface area contributed by atoms with Crippen LogP contribution in [0.15, 0.2) is 243 Å². The Morgan fingerprint density at radius 1 is 0.342 bits per heavy atom. The van der Waals surface area contributed by atoms with Gasteiger partial charge < -0.3 is 4.57 Å². The van der Waals surface area contributed by atoms with Crippen LogP contribution in [-0.4, -0.2) is 9.55 Å². The first-order valence-corrected chi connectivity index (χ1v) is 27.4. The average molecular weight is 971 g/mol. The number of benzene rings is 10. The molecule has 4 aliphatic carbocycles. The van der Waals surface area contributed by atoms with Crippen LogP contribution in [0.25, 0.3) is 83.3 Å². The van der Waals surface area contributed by atoms with Crippen molar-refractivity contribution in [3.63, 3.8) is 0 Å². The first-order valence-electron chi connectivity index (χ1n) is 27.4. The number of hydrogen-bond donors (Lipinski definition) is 0. The molecular weight excluding hydrogens is 917 g/mol. The van der Waals surface area contributed by atoms with Crippen LogP contribution in [0.2, 0.25) is 0 Å². The van der Waals surface area contributed by atoms with E-state index in [2.05, 4.69) is 240 Å². The highest BCUT2D eigenvalue weighted by atomic mass is 15.0. The molecule has 2 spiro atoms. The molecule has 2 heteroatoms. The lowest BCUT2D eigenvalue weighted by Gasteiger charge is -2.27. The quantitative estimate of drug-likeness (QED) is 0.148.